The van der Waals surface area contributed by atoms with Gasteiger partial charge in [0.05, 0.1) is 6.21 Å². The van der Waals surface area contributed by atoms with Crippen molar-refractivity contribution in [2.75, 3.05) is 44.2 Å². The van der Waals surface area contributed by atoms with E-state index < -0.39 is 12.0 Å². The van der Waals surface area contributed by atoms with Crippen molar-refractivity contribution in [3.05, 3.63) is 52.2 Å². The molecule has 1 aromatic carbocycles. The molecule has 0 aliphatic carbocycles. The fourth-order valence-corrected chi connectivity index (χ4v) is 5.47. The minimum Gasteiger partial charge on any atom is -0.480 e. The van der Waals surface area contributed by atoms with Crippen LogP contribution in [-0.2, 0) is 4.79 Å². The molecule has 2 aliphatic rings. The van der Waals surface area contributed by atoms with Gasteiger partial charge in [-0.15, -0.1) is 11.3 Å². The van der Waals surface area contributed by atoms with Crippen LogP contribution in [-0.4, -0.2) is 72.4 Å². The standard InChI is InChI=1S/C22H29N5O2S/c23-24-16-17-3-5-18(6-4-17)25-11-13-26(14-12-25)19-7-9-27(10-8-19)21(22(28)29)20-2-1-15-30-20/h1-6,15-16,19,21H,7-14,23H2,(H,28,29). The number of anilines is 1. The third-order valence-corrected chi connectivity index (χ3v) is 7.15. The molecule has 2 aromatic rings. The predicted molar refractivity (Wildman–Crippen MR) is 121 cm³/mol. The minimum absolute atomic E-state index is 0.505. The summed E-state index contributed by atoms with van der Waals surface area (Å²) in [7, 11) is 0. The summed E-state index contributed by atoms with van der Waals surface area (Å²) in [6, 6.07) is 12.2. The maximum absolute atomic E-state index is 11.8. The number of hydrogen-bond donors (Lipinski definition) is 2. The number of thiophene rings is 1. The van der Waals surface area contributed by atoms with Gasteiger partial charge < -0.3 is 15.8 Å². The number of hydrogen-bond acceptors (Lipinski definition) is 7. The highest BCUT2D eigenvalue weighted by atomic mass is 32.1. The van der Waals surface area contributed by atoms with E-state index in [1.54, 1.807) is 6.21 Å². The van der Waals surface area contributed by atoms with E-state index in [0.29, 0.717) is 6.04 Å². The molecule has 0 bridgehead atoms. The quantitative estimate of drug-likeness (QED) is 0.418. The highest BCUT2D eigenvalue weighted by Crippen LogP contribution is 2.30. The summed E-state index contributed by atoms with van der Waals surface area (Å²) in [5.41, 5.74) is 2.24. The van der Waals surface area contributed by atoms with Crippen LogP contribution in [0.25, 0.3) is 0 Å². The first-order chi connectivity index (χ1) is 14.7. The molecular weight excluding hydrogens is 398 g/mol. The summed E-state index contributed by atoms with van der Waals surface area (Å²) in [5.74, 6) is 4.47. The van der Waals surface area contributed by atoms with Gasteiger partial charge in [-0.3, -0.25) is 14.6 Å². The smallest absolute Gasteiger partial charge is 0.326 e. The van der Waals surface area contributed by atoms with Gasteiger partial charge in [-0.25, -0.2) is 0 Å². The highest BCUT2D eigenvalue weighted by molar-refractivity contribution is 7.10. The number of aliphatic carboxylic acids is 1. The lowest BCUT2D eigenvalue weighted by Gasteiger charge is -2.44. The van der Waals surface area contributed by atoms with Crippen LogP contribution in [0.2, 0.25) is 0 Å². The monoisotopic (exact) mass is 427 g/mol. The number of nitrogens with zero attached hydrogens (tertiary/aromatic N) is 4. The van der Waals surface area contributed by atoms with E-state index in [4.69, 9.17) is 5.84 Å². The van der Waals surface area contributed by atoms with Gasteiger partial charge in [0, 0.05) is 55.9 Å². The molecule has 4 rings (SSSR count). The molecule has 2 fully saturated rings. The zero-order valence-corrected chi connectivity index (χ0v) is 17.9. The van der Waals surface area contributed by atoms with Crippen LogP contribution < -0.4 is 10.7 Å². The molecule has 2 saturated heterocycles. The highest BCUT2D eigenvalue weighted by Gasteiger charge is 2.34. The van der Waals surface area contributed by atoms with Gasteiger partial charge >= 0.3 is 5.97 Å². The van der Waals surface area contributed by atoms with Crippen molar-refractivity contribution in [1.82, 2.24) is 9.80 Å². The average molecular weight is 428 g/mol. The summed E-state index contributed by atoms with van der Waals surface area (Å²) < 4.78 is 0. The maximum Gasteiger partial charge on any atom is 0.326 e. The molecule has 30 heavy (non-hydrogen) atoms. The van der Waals surface area contributed by atoms with Gasteiger partial charge in [-0.1, -0.05) is 18.2 Å². The van der Waals surface area contributed by atoms with Gasteiger partial charge in [0.1, 0.15) is 6.04 Å². The molecule has 2 aliphatic heterocycles. The van der Waals surface area contributed by atoms with E-state index in [1.807, 2.05) is 29.6 Å². The topological polar surface area (TPSA) is 85.4 Å². The second-order valence-corrected chi connectivity index (χ2v) is 8.90. The van der Waals surface area contributed by atoms with Crippen LogP contribution in [0, 0.1) is 0 Å². The van der Waals surface area contributed by atoms with E-state index in [0.717, 1.165) is 62.6 Å². The Kier molecular flexibility index (Phi) is 6.66. The Labute approximate surface area is 181 Å². The molecule has 160 valence electrons. The number of hydrazone groups is 1. The number of carboxylic acid groups (broad SMARTS) is 1. The SMILES string of the molecule is NN=Cc1ccc(N2CCN(C3CCN(C(C(=O)O)c4cccs4)CC3)CC2)cc1. The Morgan fingerprint density at radius 1 is 1.10 bits per heavy atom. The van der Waals surface area contributed by atoms with Crippen molar-refractivity contribution in [2.45, 2.75) is 24.9 Å². The number of likely N-dealkylation sites (tertiary alicyclic amines) is 1. The van der Waals surface area contributed by atoms with E-state index in [9.17, 15) is 9.90 Å². The number of carboxylic acids is 1. The molecule has 0 saturated carbocycles. The molecule has 0 radical (unpaired) electrons. The fourth-order valence-electron chi connectivity index (χ4n) is 4.62. The Morgan fingerprint density at radius 2 is 1.80 bits per heavy atom. The van der Waals surface area contributed by atoms with Gasteiger partial charge in [0.25, 0.3) is 0 Å². The predicted octanol–water partition coefficient (Wildman–Crippen LogP) is 2.45. The lowest BCUT2D eigenvalue weighted by molar-refractivity contribution is -0.144. The fraction of sp³-hybridized carbons (Fsp3) is 0.455. The second-order valence-electron chi connectivity index (χ2n) is 7.92. The number of rotatable bonds is 6. The Bertz CT molecular complexity index is 839. The molecular formula is C22H29N5O2S. The third-order valence-electron chi connectivity index (χ3n) is 6.22. The van der Waals surface area contributed by atoms with E-state index >= 15 is 0 Å². The number of carbonyl (C=O) groups is 1. The van der Waals surface area contributed by atoms with Crippen LogP contribution in [0.3, 0.4) is 0 Å². The van der Waals surface area contributed by atoms with Crippen molar-refractivity contribution in [3.8, 4) is 0 Å². The van der Waals surface area contributed by atoms with Crippen LogP contribution in [0.5, 0.6) is 0 Å². The van der Waals surface area contributed by atoms with Crippen molar-refractivity contribution in [3.63, 3.8) is 0 Å². The Balaban J connectivity index is 1.28. The zero-order valence-electron chi connectivity index (χ0n) is 17.1. The van der Waals surface area contributed by atoms with Gasteiger partial charge in [0.15, 0.2) is 0 Å². The number of piperazine rings is 1. The Morgan fingerprint density at radius 3 is 2.37 bits per heavy atom. The van der Waals surface area contributed by atoms with Gasteiger partial charge in [-0.05, 0) is 42.0 Å². The van der Waals surface area contributed by atoms with Crippen molar-refractivity contribution in [2.24, 2.45) is 10.9 Å². The van der Waals surface area contributed by atoms with Crippen LogP contribution in [0.4, 0.5) is 5.69 Å². The summed E-state index contributed by atoms with van der Waals surface area (Å²) in [5, 5.41) is 15.3. The molecule has 8 heteroatoms. The summed E-state index contributed by atoms with van der Waals surface area (Å²) in [6.45, 7) is 5.79. The molecule has 7 nitrogen and oxygen atoms in total. The minimum atomic E-state index is -0.742. The molecule has 3 N–H and O–H groups in total. The molecule has 1 atom stereocenters. The molecule has 1 unspecified atom stereocenters. The number of nitrogens with two attached hydrogens (primary N) is 1. The summed E-state index contributed by atoms with van der Waals surface area (Å²) >= 11 is 1.53. The molecule has 0 amide bonds. The first-order valence-corrected chi connectivity index (χ1v) is 11.4. The largest absolute Gasteiger partial charge is 0.480 e. The molecule has 3 heterocycles. The molecule has 1 aromatic heterocycles. The van der Waals surface area contributed by atoms with Gasteiger partial charge in [-0.2, -0.15) is 5.10 Å². The number of piperidine rings is 1. The summed E-state index contributed by atoms with van der Waals surface area (Å²) in [4.78, 5) is 19.9. The van der Waals surface area contributed by atoms with E-state index in [1.165, 1.54) is 17.0 Å². The second kappa shape index (κ2) is 9.59. The van der Waals surface area contributed by atoms with E-state index in [2.05, 4.69) is 31.9 Å². The molecule has 0 spiro atoms. The van der Waals surface area contributed by atoms with Crippen LogP contribution >= 0.6 is 11.3 Å². The average Bonchev–Trinajstić information content (AvgIpc) is 3.29. The van der Waals surface area contributed by atoms with Gasteiger partial charge in [0.2, 0.25) is 0 Å². The normalized spacial score (nSPS) is 20.6. The van der Waals surface area contributed by atoms with E-state index in [-0.39, 0.29) is 0 Å². The lowest BCUT2D eigenvalue weighted by atomic mass is 10.00. The first-order valence-electron chi connectivity index (χ1n) is 10.5. The van der Waals surface area contributed by atoms with Crippen molar-refractivity contribution < 1.29 is 9.90 Å². The van der Waals surface area contributed by atoms with Crippen LogP contribution in [0.1, 0.15) is 29.3 Å². The lowest BCUT2D eigenvalue weighted by Crippen LogP contribution is -2.53. The number of benzene rings is 1. The van der Waals surface area contributed by atoms with Crippen molar-refractivity contribution >= 4 is 29.2 Å². The van der Waals surface area contributed by atoms with Crippen LogP contribution in [0.15, 0.2) is 46.9 Å². The third kappa shape index (κ3) is 4.66. The maximum atomic E-state index is 11.8. The van der Waals surface area contributed by atoms with Crippen molar-refractivity contribution in [1.29, 1.82) is 0 Å². The zero-order chi connectivity index (χ0) is 20.9. The summed E-state index contributed by atoms with van der Waals surface area (Å²) in [6.07, 6.45) is 3.71. The Hall–Kier alpha value is -2.42. The first kappa shape index (κ1) is 20.8.